The summed E-state index contributed by atoms with van der Waals surface area (Å²) in [6.07, 6.45) is 12.1. The molecule has 178 valence electrons. The summed E-state index contributed by atoms with van der Waals surface area (Å²) in [4.78, 5) is 29.8. The van der Waals surface area contributed by atoms with Gasteiger partial charge in [0.05, 0.1) is 25.2 Å². The van der Waals surface area contributed by atoms with Gasteiger partial charge < -0.3 is 15.0 Å². The van der Waals surface area contributed by atoms with Gasteiger partial charge in [0.2, 0.25) is 5.91 Å². The number of thiophene rings is 1. The third-order valence-electron chi connectivity index (χ3n) is 6.64. The summed E-state index contributed by atoms with van der Waals surface area (Å²) >= 11 is 1.63. The lowest BCUT2D eigenvalue weighted by Gasteiger charge is -2.27. The average molecular weight is 469 g/mol. The lowest BCUT2D eigenvalue weighted by molar-refractivity contribution is -0.115. The first-order chi connectivity index (χ1) is 16.2. The van der Waals surface area contributed by atoms with Crippen molar-refractivity contribution in [3.8, 4) is 0 Å². The van der Waals surface area contributed by atoms with Crippen LogP contribution in [-0.4, -0.2) is 43.0 Å². The summed E-state index contributed by atoms with van der Waals surface area (Å²) in [5.74, 6) is -0.00704. The average Bonchev–Trinajstić information content (AvgIpc) is 3.16. The molecule has 1 aliphatic carbocycles. The van der Waals surface area contributed by atoms with Gasteiger partial charge in [0.1, 0.15) is 5.00 Å². The Labute approximate surface area is 201 Å². The van der Waals surface area contributed by atoms with E-state index in [0.717, 1.165) is 41.8 Å². The molecular weight excluding hydrogens is 432 g/mol. The number of benzene rings is 1. The molecule has 1 aromatic carbocycles. The number of aryl methyl sites for hydroxylation is 1. The fourth-order valence-corrected chi connectivity index (χ4v) is 6.12. The number of morpholine rings is 1. The zero-order valence-electron chi connectivity index (χ0n) is 19.6. The molecular formula is C27H36N2O3S. The summed E-state index contributed by atoms with van der Waals surface area (Å²) in [6, 6.07) is 9.78. The van der Waals surface area contributed by atoms with Crippen molar-refractivity contribution in [1.82, 2.24) is 4.90 Å². The molecule has 0 spiro atoms. The Morgan fingerprint density at radius 3 is 2.21 bits per heavy atom. The molecule has 2 amide bonds. The van der Waals surface area contributed by atoms with Crippen LogP contribution < -0.4 is 5.32 Å². The number of hydrogen-bond acceptors (Lipinski definition) is 4. The lowest BCUT2D eigenvalue weighted by atomic mass is 9.97. The fraction of sp³-hybridized carbons (Fsp3) is 0.556. The predicted octanol–water partition coefficient (Wildman–Crippen LogP) is 5.62. The van der Waals surface area contributed by atoms with Gasteiger partial charge in [0, 0.05) is 18.0 Å². The molecule has 1 N–H and O–H groups in total. The first-order valence-electron chi connectivity index (χ1n) is 12.6. The van der Waals surface area contributed by atoms with Crippen LogP contribution in [0.1, 0.15) is 77.7 Å². The molecule has 1 fully saturated rings. The predicted molar refractivity (Wildman–Crippen MR) is 134 cm³/mol. The number of amides is 2. The van der Waals surface area contributed by atoms with E-state index in [4.69, 9.17) is 4.74 Å². The summed E-state index contributed by atoms with van der Waals surface area (Å²) in [5, 5.41) is 3.88. The zero-order valence-corrected chi connectivity index (χ0v) is 20.4. The number of hydrogen-bond donors (Lipinski definition) is 1. The van der Waals surface area contributed by atoms with Crippen molar-refractivity contribution < 1.29 is 14.3 Å². The van der Waals surface area contributed by atoms with E-state index in [0.29, 0.717) is 32.7 Å². The number of carbonyl (C=O) groups is 2. The summed E-state index contributed by atoms with van der Waals surface area (Å²) in [5.41, 5.74) is 2.91. The third kappa shape index (κ3) is 6.67. The number of anilines is 1. The van der Waals surface area contributed by atoms with Crippen LogP contribution in [-0.2, 0) is 28.8 Å². The van der Waals surface area contributed by atoms with Crippen LogP contribution >= 0.6 is 11.3 Å². The standard InChI is InChI=1S/C27H36N2O3S/c30-24(20-21-12-8-7-9-13-21)28-26-25(27(31)29-16-18-32-19-17-29)22-14-10-5-3-1-2-4-6-11-15-23(22)33-26/h7-9,12-13H,1-6,10-11,14-20H2,(H,28,30). The molecule has 1 saturated heterocycles. The van der Waals surface area contributed by atoms with E-state index in [1.165, 1.54) is 49.0 Å². The molecule has 6 heteroatoms. The summed E-state index contributed by atoms with van der Waals surface area (Å²) < 4.78 is 5.47. The van der Waals surface area contributed by atoms with Crippen molar-refractivity contribution in [2.45, 2.75) is 70.6 Å². The van der Waals surface area contributed by atoms with Crippen LogP contribution in [0.3, 0.4) is 0 Å². The maximum absolute atomic E-state index is 13.7. The molecule has 0 saturated carbocycles. The van der Waals surface area contributed by atoms with E-state index in [2.05, 4.69) is 5.32 Å². The minimum absolute atomic E-state index is 0.0536. The largest absolute Gasteiger partial charge is 0.378 e. The number of nitrogens with one attached hydrogen (secondary N) is 1. The third-order valence-corrected chi connectivity index (χ3v) is 7.85. The van der Waals surface area contributed by atoms with E-state index in [1.807, 2.05) is 35.2 Å². The van der Waals surface area contributed by atoms with Crippen LogP contribution in [0.2, 0.25) is 0 Å². The Morgan fingerprint density at radius 2 is 1.52 bits per heavy atom. The van der Waals surface area contributed by atoms with Crippen LogP contribution in [0, 0.1) is 0 Å². The van der Waals surface area contributed by atoms with Gasteiger partial charge in [-0.3, -0.25) is 9.59 Å². The second-order valence-electron chi connectivity index (χ2n) is 9.15. The van der Waals surface area contributed by atoms with Crippen LogP contribution in [0.25, 0.3) is 0 Å². The normalized spacial score (nSPS) is 18.0. The highest BCUT2D eigenvalue weighted by atomic mass is 32.1. The summed E-state index contributed by atoms with van der Waals surface area (Å²) in [6.45, 7) is 2.38. The maximum atomic E-state index is 13.7. The first kappa shape index (κ1) is 24.0. The van der Waals surface area contributed by atoms with Crippen molar-refractivity contribution in [2.24, 2.45) is 0 Å². The summed E-state index contributed by atoms with van der Waals surface area (Å²) in [7, 11) is 0. The lowest BCUT2D eigenvalue weighted by Crippen LogP contribution is -2.41. The quantitative estimate of drug-likeness (QED) is 0.633. The Hall–Kier alpha value is -2.18. The van der Waals surface area contributed by atoms with E-state index in [1.54, 1.807) is 11.3 Å². The van der Waals surface area contributed by atoms with E-state index in [9.17, 15) is 9.59 Å². The van der Waals surface area contributed by atoms with Crippen LogP contribution in [0.4, 0.5) is 5.00 Å². The molecule has 1 aliphatic heterocycles. The van der Waals surface area contributed by atoms with Crippen molar-refractivity contribution in [1.29, 1.82) is 0 Å². The molecule has 2 aromatic rings. The van der Waals surface area contributed by atoms with Gasteiger partial charge >= 0.3 is 0 Å². The number of ether oxygens (including phenoxy) is 1. The molecule has 0 unspecified atom stereocenters. The number of nitrogens with zero attached hydrogens (tertiary/aromatic N) is 1. The SMILES string of the molecule is O=C(Cc1ccccc1)Nc1sc2c(c1C(=O)N1CCOCC1)CCCCCCCCCC2. The molecule has 2 aliphatic rings. The molecule has 33 heavy (non-hydrogen) atoms. The van der Waals surface area contributed by atoms with Gasteiger partial charge in [-0.05, 0) is 36.8 Å². The van der Waals surface area contributed by atoms with Crippen molar-refractivity contribution in [2.75, 3.05) is 31.6 Å². The Bertz CT molecular complexity index is 919. The van der Waals surface area contributed by atoms with Crippen molar-refractivity contribution in [3.63, 3.8) is 0 Å². The van der Waals surface area contributed by atoms with Gasteiger partial charge in [-0.1, -0.05) is 68.9 Å². The van der Waals surface area contributed by atoms with Crippen LogP contribution in [0.15, 0.2) is 30.3 Å². The monoisotopic (exact) mass is 468 g/mol. The van der Waals surface area contributed by atoms with E-state index in [-0.39, 0.29) is 11.8 Å². The highest BCUT2D eigenvalue weighted by molar-refractivity contribution is 7.17. The maximum Gasteiger partial charge on any atom is 0.257 e. The van der Waals surface area contributed by atoms with Crippen molar-refractivity contribution in [3.05, 3.63) is 51.9 Å². The van der Waals surface area contributed by atoms with Crippen molar-refractivity contribution >= 4 is 28.2 Å². The van der Waals surface area contributed by atoms with Gasteiger partial charge in [0.15, 0.2) is 0 Å². The van der Waals surface area contributed by atoms with Crippen LogP contribution in [0.5, 0.6) is 0 Å². The minimum Gasteiger partial charge on any atom is -0.378 e. The smallest absolute Gasteiger partial charge is 0.257 e. The highest BCUT2D eigenvalue weighted by Crippen LogP contribution is 2.37. The van der Waals surface area contributed by atoms with Gasteiger partial charge in [-0.25, -0.2) is 0 Å². The fourth-order valence-electron chi connectivity index (χ4n) is 4.82. The van der Waals surface area contributed by atoms with Gasteiger partial charge in [-0.15, -0.1) is 11.3 Å². The topological polar surface area (TPSA) is 58.6 Å². The van der Waals surface area contributed by atoms with E-state index >= 15 is 0 Å². The zero-order chi connectivity index (χ0) is 22.9. The molecule has 0 bridgehead atoms. The molecule has 5 nitrogen and oxygen atoms in total. The molecule has 1 aromatic heterocycles. The molecule has 4 rings (SSSR count). The van der Waals surface area contributed by atoms with Gasteiger partial charge in [0.25, 0.3) is 5.91 Å². The van der Waals surface area contributed by atoms with E-state index < -0.39 is 0 Å². The minimum atomic E-state index is -0.0607. The Balaban J connectivity index is 1.61. The molecule has 0 radical (unpaired) electrons. The molecule has 0 atom stereocenters. The van der Waals surface area contributed by atoms with Gasteiger partial charge in [-0.2, -0.15) is 0 Å². The number of carbonyl (C=O) groups excluding carboxylic acids is 2. The highest BCUT2D eigenvalue weighted by Gasteiger charge is 2.29. The Kier molecular flexibility index (Phi) is 8.95. The number of rotatable bonds is 4. The number of fused-ring (bicyclic) bond motifs is 1. The molecule has 2 heterocycles. The Morgan fingerprint density at radius 1 is 0.879 bits per heavy atom. The second-order valence-corrected chi connectivity index (χ2v) is 10.3. The first-order valence-corrected chi connectivity index (χ1v) is 13.4. The second kappa shape index (κ2) is 12.3.